The zero-order valence-corrected chi connectivity index (χ0v) is 16.8. The summed E-state index contributed by atoms with van der Waals surface area (Å²) < 4.78 is 0. The summed E-state index contributed by atoms with van der Waals surface area (Å²) in [5.74, 6) is -0.596. The summed E-state index contributed by atoms with van der Waals surface area (Å²) in [6.07, 6.45) is 0. The van der Waals surface area contributed by atoms with E-state index in [4.69, 9.17) is 0 Å². The fraction of sp³-hybridized carbons (Fsp3) is 0.160. The number of anilines is 1. The molecule has 1 atom stereocenters. The third-order valence-electron chi connectivity index (χ3n) is 5.87. The predicted octanol–water partition coefficient (Wildman–Crippen LogP) is 3.27. The number of hydrogen-bond acceptors (Lipinski definition) is 3. The van der Waals surface area contributed by atoms with Gasteiger partial charge in [-0.2, -0.15) is 0 Å². The highest BCUT2D eigenvalue weighted by atomic mass is 16.2. The summed E-state index contributed by atoms with van der Waals surface area (Å²) in [7, 11) is 0. The van der Waals surface area contributed by atoms with Crippen molar-refractivity contribution in [1.29, 1.82) is 0 Å². The third kappa shape index (κ3) is 3.46. The molecule has 1 fully saturated rings. The van der Waals surface area contributed by atoms with Crippen molar-refractivity contribution in [2.45, 2.75) is 6.04 Å². The molecule has 5 rings (SSSR count). The Morgan fingerprint density at radius 1 is 0.839 bits per heavy atom. The molecule has 1 unspecified atom stereocenters. The first-order valence-corrected chi connectivity index (χ1v) is 10.3. The highest BCUT2D eigenvalue weighted by molar-refractivity contribution is 6.11. The second kappa shape index (κ2) is 7.72. The van der Waals surface area contributed by atoms with E-state index in [0.29, 0.717) is 29.9 Å². The van der Waals surface area contributed by atoms with E-state index in [1.165, 1.54) is 0 Å². The van der Waals surface area contributed by atoms with E-state index in [1.54, 1.807) is 28.0 Å². The van der Waals surface area contributed by atoms with Gasteiger partial charge < -0.3 is 15.1 Å². The number of carbonyl (C=O) groups excluding carboxylic acids is 3. The van der Waals surface area contributed by atoms with Gasteiger partial charge in [0.1, 0.15) is 6.04 Å². The van der Waals surface area contributed by atoms with E-state index >= 15 is 0 Å². The molecule has 2 heterocycles. The standard InChI is InChI=1S/C25H21N3O3/c29-23-22-16-27(24(30)18-9-5-2-6-10-18)13-14-28(22)25(31)20-15-19(11-12-21(20)26-23)17-7-3-1-4-8-17/h1-12,15,22H,13-14,16H2,(H,26,29). The lowest BCUT2D eigenvalue weighted by Crippen LogP contribution is -2.59. The monoisotopic (exact) mass is 411 g/mol. The number of nitrogens with zero attached hydrogens (tertiary/aromatic N) is 2. The molecule has 3 aromatic rings. The molecule has 1 N–H and O–H groups in total. The van der Waals surface area contributed by atoms with Crippen molar-refractivity contribution in [1.82, 2.24) is 9.80 Å². The average Bonchev–Trinajstić information content (AvgIpc) is 2.93. The Hall–Kier alpha value is -3.93. The van der Waals surface area contributed by atoms with Crippen molar-refractivity contribution in [3.63, 3.8) is 0 Å². The minimum Gasteiger partial charge on any atom is -0.334 e. The third-order valence-corrected chi connectivity index (χ3v) is 5.87. The molecule has 6 nitrogen and oxygen atoms in total. The van der Waals surface area contributed by atoms with Crippen molar-refractivity contribution in [3.05, 3.63) is 90.0 Å². The molecule has 2 aliphatic heterocycles. The lowest BCUT2D eigenvalue weighted by atomic mass is 10.0. The molecule has 0 saturated carbocycles. The Morgan fingerprint density at radius 2 is 1.55 bits per heavy atom. The number of carbonyl (C=O) groups is 3. The molecule has 2 aliphatic rings. The van der Waals surface area contributed by atoms with Crippen LogP contribution in [0.2, 0.25) is 0 Å². The van der Waals surface area contributed by atoms with Gasteiger partial charge in [0.25, 0.3) is 11.8 Å². The van der Waals surface area contributed by atoms with Gasteiger partial charge in [0, 0.05) is 18.7 Å². The minimum atomic E-state index is -0.721. The van der Waals surface area contributed by atoms with Crippen LogP contribution < -0.4 is 5.32 Å². The molecule has 1 saturated heterocycles. The molecule has 154 valence electrons. The van der Waals surface area contributed by atoms with Crippen LogP contribution in [0.15, 0.2) is 78.9 Å². The fourth-order valence-electron chi connectivity index (χ4n) is 4.21. The van der Waals surface area contributed by atoms with Crippen LogP contribution in [0.3, 0.4) is 0 Å². The normalized spacial score (nSPS) is 18.0. The van der Waals surface area contributed by atoms with Crippen molar-refractivity contribution >= 4 is 23.4 Å². The molecule has 31 heavy (non-hydrogen) atoms. The SMILES string of the molecule is O=C1Nc2ccc(-c3ccccc3)cc2C(=O)N2CCN(C(=O)c3ccccc3)CC12. The first-order chi connectivity index (χ1) is 15.1. The van der Waals surface area contributed by atoms with Crippen LogP contribution in [0.25, 0.3) is 11.1 Å². The van der Waals surface area contributed by atoms with E-state index in [0.717, 1.165) is 11.1 Å². The van der Waals surface area contributed by atoms with E-state index in [-0.39, 0.29) is 24.3 Å². The fourth-order valence-corrected chi connectivity index (χ4v) is 4.21. The molecule has 0 aliphatic carbocycles. The van der Waals surface area contributed by atoms with Gasteiger partial charge in [-0.1, -0.05) is 54.6 Å². The number of rotatable bonds is 2. The predicted molar refractivity (Wildman–Crippen MR) is 118 cm³/mol. The van der Waals surface area contributed by atoms with Crippen LogP contribution in [0.4, 0.5) is 5.69 Å². The van der Waals surface area contributed by atoms with E-state index < -0.39 is 6.04 Å². The van der Waals surface area contributed by atoms with Crippen molar-refractivity contribution in [2.24, 2.45) is 0 Å². The summed E-state index contributed by atoms with van der Waals surface area (Å²) >= 11 is 0. The molecule has 6 heteroatoms. The first-order valence-electron chi connectivity index (χ1n) is 10.3. The van der Waals surface area contributed by atoms with E-state index in [2.05, 4.69) is 5.32 Å². The number of benzene rings is 3. The lowest BCUT2D eigenvalue weighted by molar-refractivity contribution is -0.121. The van der Waals surface area contributed by atoms with Gasteiger partial charge in [0.2, 0.25) is 5.91 Å². The lowest BCUT2D eigenvalue weighted by Gasteiger charge is -2.39. The number of piperazine rings is 1. The molecule has 3 amide bonds. The molecular formula is C25H21N3O3. The Bertz CT molecular complexity index is 1160. The zero-order chi connectivity index (χ0) is 21.4. The van der Waals surface area contributed by atoms with E-state index in [1.807, 2.05) is 60.7 Å². The highest BCUT2D eigenvalue weighted by Gasteiger charge is 2.40. The Kier molecular flexibility index (Phi) is 4.75. The largest absolute Gasteiger partial charge is 0.334 e. The Morgan fingerprint density at radius 3 is 2.29 bits per heavy atom. The van der Waals surface area contributed by atoms with Crippen molar-refractivity contribution in [3.8, 4) is 11.1 Å². The smallest absolute Gasteiger partial charge is 0.256 e. The summed E-state index contributed by atoms with van der Waals surface area (Å²) in [4.78, 5) is 42.4. The van der Waals surface area contributed by atoms with Gasteiger partial charge in [-0.05, 0) is 35.4 Å². The first kappa shape index (κ1) is 19.1. The van der Waals surface area contributed by atoms with Crippen LogP contribution in [-0.4, -0.2) is 53.2 Å². The Labute approximate surface area is 180 Å². The number of fused-ring (bicyclic) bond motifs is 2. The molecule has 0 bridgehead atoms. The maximum absolute atomic E-state index is 13.4. The molecule has 0 aromatic heterocycles. The maximum atomic E-state index is 13.4. The minimum absolute atomic E-state index is 0.131. The van der Waals surface area contributed by atoms with Crippen molar-refractivity contribution < 1.29 is 14.4 Å². The summed E-state index contributed by atoms with van der Waals surface area (Å²) in [6, 6.07) is 23.6. The summed E-state index contributed by atoms with van der Waals surface area (Å²) in [5.41, 5.74) is 3.47. The second-order valence-electron chi connectivity index (χ2n) is 7.75. The van der Waals surface area contributed by atoms with Gasteiger partial charge in [-0.15, -0.1) is 0 Å². The summed E-state index contributed by atoms with van der Waals surface area (Å²) in [5, 5.41) is 2.89. The molecular weight excluding hydrogens is 390 g/mol. The van der Waals surface area contributed by atoms with Gasteiger partial charge in [0.05, 0.1) is 17.8 Å². The number of nitrogens with one attached hydrogen (secondary N) is 1. The molecule has 0 spiro atoms. The van der Waals surface area contributed by atoms with Crippen LogP contribution in [0.1, 0.15) is 20.7 Å². The maximum Gasteiger partial charge on any atom is 0.256 e. The average molecular weight is 411 g/mol. The van der Waals surface area contributed by atoms with Crippen LogP contribution in [0, 0.1) is 0 Å². The van der Waals surface area contributed by atoms with E-state index in [9.17, 15) is 14.4 Å². The zero-order valence-electron chi connectivity index (χ0n) is 16.8. The van der Waals surface area contributed by atoms with Gasteiger partial charge in [-0.3, -0.25) is 14.4 Å². The molecule has 3 aromatic carbocycles. The quantitative estimate of drug-likeness (QED) is 0.704. The van der Waals surface area contributed by atoms with Gasteiger partial charge in [0.15, 0.2) is 0 Å². The van der Waals surface area contributed by atoms with Crippen LogP contribution in [-0.2, 0) is 4.79 Å². The van der Waals surface area contributed by atoms with Crippen LogP contribution >= 0.6 is 0 Å². The number of amides is 3. The Balaban J connectivity index is 1.43. The number of hydrogen-bond donors (Lipinski definition) is 1. The second-order valence-corrected chi connectivity index (χ2v) is 7.75. The van der Waals surface area contributed by atoms with Crippen molar-refractivity contribution in [2.75, 3.05) is 25.0 Å². The van der Waals surface area contributed by atoms with Gasteiger partial charge in [-0.25, -0.2) is 0 Å². The van der Waals surface area contributed by atoms with Gasteiger partial charge >= 0.3 is 0 Å². The topological polar surface area (TPSA) is 69.7 Å². The van der Waals surface area contributed by atoms with Crippen LogP contribution in [0.5, 0.6) is 0 Å². The highest BCUT2D eigenvalue weighted by Crippen LogP contribution is 2.30. The molecule has 0 radical (unpaired) electrons. The summed E-state index contributed by atoms with van der Waals surface area (Å²) in [6.45, 7) is 0.867.